The van der Waals surface area contributed by atoms with E-state index in [2.05, 4.69) is 5.32 Å². The molecule has 2 aromatic rings. The Morgan fingerprint density at radius 2 is 1.95 bits per heavy atom. The van der Waals surface area contributed by atoms with Crippen LogP contribution >= 0.6 is 11.6 Å². The highest BCUT2D eigenvalue weighted by molar-refractivity contribution is 6.30. The van der Waals surface area contributed by atoms with E-state index in [-0.39, 0.29) is 11.9 Å². The van der Waals surface area contributed by atoms with Crippen LogP contribution in [0.5, 0.6) is 5.75 Å². The SMILES string of the molecule is CC(C)Oc1cccc(Nc2ccc(Cl)cc2F)c1. The Hall–Kier alpha value is -1.74. The fourth-order valence-electron chi connectivity index (χ4n) is 1.67. The predicted molar refractivity (Wildman–Crippen MR) is 76.9 cm³/mol. The minimum Gasteiger partial charge on any atom is -0.491 e. The number of ether oxygens (including phenoxy) is 1. The number of rotatable bonds is 4. The zero-order valence-electron chi connectivity index (χ0n) is 10.8. The average molecular weight is 280 g/mol. The van der Waals surface area contributed by atoms with Crippen molar-refractivity contribution in [2.75, 3.05) is 5.32 Å². The minimum absolute atomic E-state index is 0.0996. The molecule has 0 aliphatic heterocycles. The molecule has 0 saturated carbocycles. The normalized spacial score (nSPS) is 10.6. The van der Waals surface area contributed by atoms with Gasteiger partial charge in [-0.05, 0) is 44.2 Å². The summed E-state index contributed by atoms with van der Waals surface area (Å²) >= 11 is 5.71. The van der Waals surface area contributed by atoms with Crippen LogP contribution < -0.4 is 10.1 Å². The van der Waals surface area contributed by atoms with E-state index in [0.29, 0.717) is 10.7 Å². The van der Waals surface area contributed by atoms with Crippen molar-refractivity contribution in [3.05, 3.63) is 53.3 Å². The molecule has 0 bridgehead atoms. The molecule has 0 spiro atoms. The Labute approximate surface area is 117 Å². The van der Waals surface area contributed by atoms with Crippen molar-refractivity contribution < 1.29 is 9.13 Å². The van der Waals surface area contributed by atoms with Gasteiger partial charge < -0.3 is 10.1 Å². The fourth-order valence-corrected chi connectivity index (χ4v) is 1.82. The molecule has 1 N–H and O–H groups in total. The van der Waals surface area contributed by atoms with E-state index in [1.807, 2.05) is 38.1 Å². The van der Waals surface area contributed by atoms with Gasteiger partial charge in [0.2, 0.25) is 0 Å². The zero-order valence-corrected chi connectivity index (χ0v) is 11.5. The number of nitrogens with one attached hydrogen (secondary N) is 1. The van der Waals surface area contributed by atoms with Crippen LogP contribution in [0.1, 0.15) is 13.8 Å². The van der Waals surface area contributed by atoms with Gasteiger partial charge in [0.25, 0.3) is 0 Å². The molecule has 0 radical (unpaired) electrons. The molecular formula is C15H15ClFNO. The maximum absolute atomic E-state index is 13.7. The van der Waals surface area contributed by atoms with Gasteiger partial charge in [-0.25, -0.2) is 4.39 Å². The van der Waals surface area contributed by atoms with E-state index in [1.165, 1.54) is 6.07 Å². The lowest BCUT2D eigenvalue weighted by molar-refractivity contribution is 0.242. The van der Waals surface area contributed by atoms with Crippen LogP contribution in [-0.2, 0) is 0 Å². The second-order valence-electron chi connectivity index (χ2n) is 4.44. The van der Waals surface area contributed by atoms with E-state index < -0.39 is 0 Å². The minimum atomic E-state index is -0.386. The highest BCUT2D eigenvalue weighted by Gasteiger charge is 2.04. The van der Waals surface area contributed by atoms with Crippen molar-refractivity contribution in [2.45, 2.75) is 20.0 Å². The van der Waals surface area contributed by atoms with Crippen molar-refractivity contribution in [1.29, 1.82) is 0 Å². The first-order chi connectivity index (χ1) is 9.04. The second-order valence-corrected chi connectivity index (χ2v) is 4.88. The van der Waals surface area contributed by atoms with Crippen LogP contribution in [-0.4, -0.2) is 6.10 Å². The summed E-state index contributed by atoms with van der Waals surface area (Å²) in [4.78, 5) is 0. The van der Waals surface area contributed by atoms with Crippen molar-refractivity contribution in [1.82, 2.24) is 0 Å². The molecule has 19 heavy (non-hydrogen) atoms. The number of hydrogen-bond donors (Lipinski definition) is 1. The number of halogens is 2. The molecule has 0 unspecified atom stereocenters. The maximum atomic E-state index is 13.7. The topological polar surface area (TPSA) is 21.3 Å². The molecule has 0 heterocycles. The van der Waals surface area contributed by atoms with Crippen molar-refractivity contribution in [3.8, 4) is 5.75 Å². The number of benzene rings is 2. The molecule has 0 amide bonds. The molecule has 4 heteroatoms. The summed E-state index contributed by atoms with van der Waals surface area (Å²) in [6.45, 7) is 3.91. The fraction of sp³-hybridized carbons (Fsp3) is 0.200. The Bertz CT molecular complexity index is 572. The van der Waals surface area contributed by atoms with Crippen LogP contribution in [0.4, 0.5) is 15.8 Å². The molecule has 0 aliphatic carbocycles. The molecule has 0 saturated heterocycles. The van der Waals surface area contributed by atoms with E-state index >= 15 is 0 Å². The van der Waals surface area contributed by atoms with Crippen LogP contribution in [0.25, 0.3) is 0 Å². The summed E-state index contributed by atoms with van der Waals surface area (Å²) in [5, 5.41) is 3.37. The summed E-state index contributed by atoms with van der Waals surface area (Å²) < 4.78 is 19.3. The van der Waals surface area contributed by atoms with Gasteiger partial charge in [-0.2, -0.15) is 0 Å². The largest absolute Gasteiger partial charge is 0.491 e. The summed E-state index contributed by atoms with van der Waals surface area (Å²) in [6.07, 6.45) is 0.0996. The predicted octanol–water partition coefficient (Wildman–Crippen LogP) is 5.01. The molecular weight excluding hydrogens is 265 g/mol. The molecule has 2 aromatic carbocycles. The number of hydrogen-bond acceptors (Lipinski definition) is 2. The highest BCUT2D eigenvalue weighted by Crippen LogP contribution is 2.25. The van der Waals surface area contributed by atoms with Crippen LogP contribution in [0.2, 0.25) is 5.02 Å². The monoisotopic (exact) mass is 279 g/mol. The first-order valence-corrected chi connectivity index (χ1v) is 6.41. The van der Waals surface area contributed by atoms with Crippen LogP contribution in [0.3, 0.4) is 0 Å². The third-order valence-electron chi connectivity index (χ3n) is 2.42. The van der Waals surface area contributed by atoms with Crippen molar-refractivity contribution >= 4 is 23.0 Å². The van der Waals surface area contributed by atoms with Gasteiger partial charge in [-0.1, -0.05) is 17.7 Å². The lowest BCUT2D eigenvalue weighted by Gasteiger charge is -2.12. The highest BCUT2D eigenvalue weighted by atomic mass is 35.5. The Kier molecular flexibility index (Phi) is 4.27. The van der Waals surface area contributed by atoms with Crippen molar-refractivity contribution in [2.24, 2.45) is 0 Å². The van der Waals surface area contributed by atoms with E-state index in [4.69, 9.17) is 16.3 Å². The van der Waals surface area contributed by atoms with Crippen LogP contribution in [0, 0.1) is 5.82 Å². The zero-order chi connectivity index (χ0) is 13.8. The Balaban J connectivity index is 2.18. The Morgan fingerprint density at radius 3 is 2.63 bits per heavy atom. The molecule has 2 rings (SSSR count). The van der Waals surface area contributed by atoms with Gasteiger partial charge in [0.05, 0.1) is 11.8 Å². The molecule has 0 atom stereocenters. The van der Waals surface area contributed by atoms with E-state index in [1.54, 1.807) is 12.1 Å². The average Bonchev–Trinajstić information content (AvgIpc) is 2.32. The molecule has 2 nitrogen and oxygen atoms in total. The summed E-state index contributed by atoms with van der Waals surface area (Å²) in [5.74, 6) is 0.358. The summed E-state index contributed by atoms with van der Waals surface area (Å²) in [5.41, 5.74) is 1.14. The number of anilines is 2. The quantitative estimate of drug-likeness (QED) is 0.849. The molecule has 0 fully saturated rings. The first kappa shape index (κ1) is 13.7. The summed E-state index contributed by atoms with van der Waals surface area (Å²) in [6, 6.07) is 11.9. The van der Waals surface area contributed by atoms with Gasteiger partial charge in [0, 0.05) is 16.8 Å². The summed E-state index contributed by atoms with van der Waals surface area (Å²) in [7, 11) is 0. The lowest BCUT2D eigenvalue weighted by atomic mass is 10.2. The van der Waals surface area contributed by atoms with Gasteiger partial charge in [0.1, 0.15) is 11.6 Å². The van der Waals surface area contributed by atoms with Gasteiger partial charge >= 0.3 is 0 Å². The third kappa shape index (κ3) is 3.86. The van der Waals surface area contributed by atoms with E-state index in [9.17, 15) is 4.39 Å². The molecule has 0 aromatic heterocycles. The molecule has 0 aliphatic rings. The molecule has 100 valence electrons. The van der Waals surface area contributed by atoms with Gasteiger partial charge in [-0.15, -0.1) is 0 Å². The standard InChI is InChI=1S/C15H15ClFNO/c1-10(2)19-13-5-3-4-12(9-13)18-15-7-6-11(16)8-14(15)17/h3-10,18H,1-2H3. The third-order valence-corrected chi connectivity index (χ3v) is 2.65. The Morgan fingerprint density at radius 1 is 1.16 bits per heavy atom. The second kappa shape index (κ2) is 5.93. The van der Waals surface area contributed by atoms with Crippen molar-refractivity contribution in [3.63, 3.8) is 0 Å². The van der Waals surface area contributed by atoms with E-state index in [0.717, 1.165) is 11.4 Å². The maximum Gasteiger partial charge on any atom is 0.148 e. The van der Waals surface area contributed by atoms with Crippen LogP contribution in [0.15, 0.2) is 42.5 Å². The van der Waals surface area contributed by atoms with Gasteiger partial charge in [0.15, 0.2) is 0 Å². The first-order valence-electron chi connectivity index (χ1n) is 6.03. The van der Waals surface area contributed by atoms with Gasteiger partial charge in [-0.3, -0.25) is 0 Å². The smallest absolute Gasteiger partial charge is 0.148 e. The lowest BCUT2D eigenvalue weighted by Crippen LogP contribution is -2.05.